The standard InChI is InChI=1S/C30H31ClF4N6O3/c1-38(18-30(33,34)35)16-23-20(14-24(31)28-22(23)15-36-37-28)12-19(17-42)13-27(43)39-8-6-21(7-9-39)40-10-11-41(29(40)44)26-5-3-2-4-25(26)32/h2-5,10-11,14-15,17,19,21H,6-9,12-13,16,18H2,1H3,(H,36,37). The molecule has 1 unspecified atom stereocenters. The van der Waals surface area contributed by atoms with Crippen LogP contribution in [0.1, 0.15) is 36.4 Å². The second kappa shape index (κ2) is 12.9. The molecule has 1 atom stereocenters. The van der Waals surface area contributed by atoms with Gasteiger partial charge in [0.1, 0.15) is 12.1 Å². The summed E-state index contributed by atoms with van der Waals surface area (Å²) in [5, 5.41) is 7.61. The average Bonchev–Trinajstić information content (AvgIpc) is 3.62. The molecule has 1 amide bonds. The fourth-order valence-corrected chi connectivity index (χ4v) is 6.16. The topological polar surface area (TPSA) is 96.2 Å². The number of nitrogens with one attached hydrogen (secondary N) is 1. The SMILES string of the molecule is CN(Cc1c(CC(C=O)CC(=O)N2CCC(n3ccn(-c4ccccc4F)c3=O)CC2)cc(Cl)c2[nH]ncc12)CC(F)(F)F. The zero-order chi connectivity index (χ0) is 31.6. The van der Waals surface area contributed by atoms with Crippen molar-refractivity contribution in [3.05, 3.63) is 81.4 Å². The fourth-order valence-electron chi connectivity index (χ4n) is 5.88. The molecule has 14 heteroatoms. The van der Waals surface area contributed by atoms with Gasteiger partial charge >= 0.3 is 11.9 Å². The first-order valence-corrected chi connectivity index (χ1v) is 14.5. The molecule has 3 heterocycles. The molecule has 2 aromatic carbocycles. The fraction of sp³-hybridized carbons (Fsp3) is 0.400. The Morgan fingerprint density at radius 3 is 2.64 bits per heavy atom. The Kier molecular flexibility index (Phi) is 9.26. The molecule has 0 spiro atoms. The van der Waals surface area contributed by atoms with E-state index in [-0.39, 0.29) is 42.7 Å². The number of amides is 1. The van der Waals surface area contributed by atoms with E-state index in [1.807, 2.05) is 0 Å². The van der Waals surface area contributed by atoms with E-state index in [4.69, 9.17) is 11.6 Å². The molecular weight excluding hydrogens is 604 g/mol. The highest BCUT2D eigenvalue weighted by Crippen LogP contribution is 2.32. The van der Waals surface area contributed by atoms with Crippen molar-refractivity contribution < 1.29 is 27.2 Å². The zero-order valence-electron chi connectivity index (χ0n) is 23.9. The number of carbonyl (C=O) groups excluding carboxylic acids is 2. The van der Waals surface area contributed by atoms with Crippen LogP contribution in [-0.4, -0.2) is 74.2 Å². The highest BCUT2D eigenvalue weighted by atomic mass is 35.5. The highest BCUT2D eigenvalue weighted by molar-refractivity contribution is 6.35. The minimum Gasteiger partial charge on any atom is -0.343 e. The van der Waals surface area contributed by atoms with Gasteiger partial charge in [-0.05, 0) is 55.6 Å². The van der Waals surface area contributed by atoms with Gasteiger partial charge in [-0.25, -0.2) is 9.18 Å². The van der Waals surface area contributed by atoms with Crippen molar-refractivity contribution in [1.82, 2.24) is 29.1 Å². The van der Waals surface area contributed by atoms with Gasteiger partial charge in [0.2, 0.25) is 5.91 Å². The average molecular weight is 635 g/mol. The molecule has 4 aromatic rings. The molecular formula is C30H31ClF4N6O3. The van der Waals surface area contributed by atoms with Crippen LogP contribution in [0.2, 0.25) is 5.02 Å². The number of nitrogens with zero attached hydrogens (tertiary/aromatic N) is 5. The minimum absolute atomic E-state index is 0.0624. The number of fused-ring (bicyclic) bond motifs is 1. The number of aromatic amines is 1. The summed E-state index contributed by atoms with van der Waals surface area (Å²) in [5.41, 5.74) is 1.40. The zero-order valence-corrected chi connectivity index (χ0v) is 24.6. The summed E-state index contributed by atoms with van der Waals surface area (Å²) >= 11 is 6.42. The third-order valence-corrected chi connectivity index (χ3v) is 8.30. The maximum Gasteiger partial charge on any atom is 0.401 e. The Hall–Kier alpha value is -3.97. The lowest BCUT2D eigenvalue weighted by Gasteiger charge is -2.33. The Labute approximate surface area is 255 Å². The molecule has 1 aliphatic rings. The first-order valence-electron chi connectivity index (χ1n) is 14.1. The number of carbonyl (C=O) groups is 2. The Balaban J connectivity index is 1.25. The van der Waals surface area contributed by atoms with Crippen molar-refractivity contribution in [2.24, 2.45) is 5.92 Å². The van der Waals surface area contributed by atoms with Crippen molar-refractivity contribution >= 4 is 34.7 Å². The number of H-pyrrole nitrogens is 1. The van der Waals surface area contributed by atoms with Gasteiger partial charge in [-0.15, -0.1) is 0 Å². The normalized spacial score (nSPS) is 15.3. The second-order valence-corrected chi connectivity index (χ2v) is 11.6. The molecule has 0 radical (unpaired) electrons. The van der Waals surface area contributed by atoms with Crippen molar-refractivity contribution in [2.45, 2.75) is 44.4 Å². The summed E-state index contributed by atoms with van der Waals surface area (Å²) in [4.78, 5) is 41.1. The number of hydrogen-bond acceptors (Lipinski definition) is 5. The highest BCUT2D eigenvalue weighted by Gasteiger charge is 2.31. The largest absolute Gasteiger partial charge is 0.401 e. The monoisotopic (exact) mass is 634 g/mol. The second-order valence-electron chi connectivity index (χ2n) is 11.2. The Bertz CT molecular complexity index is 1710. The number of aldehydes is 1. The van der Waals surface area contributed by atoms with E-state index in [1.54, 1.807) is 33.9 Å². The lowest BCUT2D eigenvalue weighted by Crippen LogP contribution is -2.41. The maximum absolute atomic E-state index is 14.2. The molecule has 1 aliphatic heterocycles. The summed E-state index contributed by atoms with van der Waals surface area (Å²) in [6.45, 7) is -0.452. The summed E-state index contributed by atoms with van der Waals surface area (Å²) < 4.78 is 56.2. The van der Waals surface area contributed by atoms with Gasteiger partial charge in [-0.1, -0.05) is 23.7 Å². The Morgan fingerprint density at radius 1 is 1.23 bits per heavy atom. The van der Waals surface area contributed by atoms with E-state index in [1.165, 1.54) is 36.1 Å². The smallest absolute Gasteiger partial charge is 0.343 e. The van der Waals surface area contributed by atoms with E-state index < -0.39 is 24.5 Å². The number of rotatable bonds is 10. The first kappa shape index (κ1) is 31.5. The number of alkyl halides is 3. The van der Waals surface area contributed by atoms with Crippen LogP contribution < -0.4 is 5.69 Å². The van der Waals surface area contributed by atoms with E-state index >= 15 is 0 Å². The van der Waals surface area contributed by atoms with Crippen molar-refractivity contribution in [2.75, 3.05) is 26.7 Å². The van der Waals surface area contributed by atoms with Crippen LogP contribution in [0.3, 0.4) is 0 Å². The van der Waals surface area contributed by atoms with Gasteiger partial charge in [0.05, 0.1) is 29.0 Å². The van der Waals surface area contributed by atoms with E-state index in [0.29, 0.717) is 59.3 Å². The van der Waals surface area contributed by atoms with Crippen LogP contribution >= 0.6 is 11.6 Å². The number of aromatic nitrogens is 4. The molecule has 0 aliphatic carbocycles. The quantitative estimate of drug-likeness (QED) is 0.198. The van der Waals surface area contributed by atoms with Gasteiger partial charge in [-0.2, -0.15) is 18.3 Å². The van der Waals surface area contributed by atoms with Crippen LogP contribution in [0, 0.1) is 11.7 Å². The number of piperidine rings is 1. The maximum atomic E-state index is 14.2. The number of benzene rings is 2. The molecule has 44 heavy (non-hydrogen) atoms. The lowest BCUT2D eigenvalue weighted by atomic mass is 9.91. The van der Waals surface area contributed by atoms with Gasteiger partial charge in [-0.3, -0.25) is 23.9 Å². The third-order valence-electron chi connectivity index (χ3n) is 8.01. The van der Waals surface area contributed by atoms with Gasteiger partial charge in [0.25, 0.3) is 0 Å². The Morgan fingerprint density at radius 2 is 1.95 bits per heavy atom. The van der Waals surface area contributed by atoms with Gasteiger partial charge < -0.3 is 9.69 Å². The molecule has 1 saturated heterocycles. The molecule has 0 saturated carbocycles. The van der Waals surface area contributed by atoms with Crippen LogP contribution in [0.15, 0.2) is 53.7 Å². The van der Waals surface area contributed by atoms with E-state index in [0.717, 1.165) is 4.90 Å². The van der Waals surface area contributed by atoms with E-state index in [9.17, 15) is 31.9 Å². The van der Waals surface area contributed by atoms with Crippen molar-refractivity contribution in [3.63, 3.8) is 0 Å². The number of halogens is 5. The summed E-state index contributed by atoms with van der Waals surface area (Å²) in [5.74, 6) is -1.47. The predicted octanol–water partition coefficient (Wildman–Crippen LogP) is 4.91. The van der Waals surface area contributed by atoms with Gasteiger partial charge in [0.15, 0.2) is 0 Å². The van der Waals surface area contributed by atoms with Crippen LogP contribution in [0.25, 0.3) is 16.6 Å². The van der Waals surface area contributed by atoms with Crippen molar-refractivity contribution in [1.29, 1.82) is 0 Å². The summed E-state index contributed by atoms with van der Waals surface area (Å²) in [7, 11) is 1.35. The summed E-state index contributed by atoms with van der Waals surface area (Å²) in [6.07, 6.45) is 1.95. The number of imidazole rings is 1. The lowest BCUT2D eigenvalue weighted by molar-refractivity contribution is -0.144. The number of para-hydroxylation sites is 1. The molecule has 9 nitrogen and oxygen atoms in total. The van der Waals surface area contributed by atoms with Crippen LogP contribution in [-0.2, 0) is 22.6 Å². The molecule has 234 valence electrons. The number of hydrogen-bond donors (Lipinski definition) is 1. The van der Waals surface area contributed by atoms with Crippen molar-refractivity contribution in [3.8, 4) is 5.69 Å². The molecule has 2 aromatic heterocycles. The molecule has 0 bridgehead atoms. The molecule has 1 fully saturated rings. The first-order chi connectivity index (χ1) is 20.9. The predicted molar refractivity (Wildman–Crippen MR) is 156 cm³/mol. The minimum atomic E-state index is -4.39. The summed E-state index contributed by atoms with van der Waals surface area (Å²) in [6, 6.07) is 7.44. The van der Waals surface area contributed by atoms with Crippen LogP contribution in [0.5, 0.6) is 0 Å². The molecule has 5 rings (SSSR count). The van der Waals surface area contributed by atoms with Gasteiger partial charge in [0, 0.05) is 55.8 Å². The van der Waals surface area contributed by atoms with E-state index in [2.05, 4.69) is 10.2 Å². The number of likely N-dealkylation sites (tertiary alicyclic amines) is 1. The molecule has 1 N–H and O–H groups in total. The third kappa shape index (κ3) is 6.88. The van der Waals surface area contributed by atoms with Crippen LogP contribution in [0.4, 0.5) is 17.6 Å².